The van der Waals surface area contributed by atoms with Gasteiger partial charge < -0.3 is 0 Å². The van der Waals surface area contributed by atoms with Gasteiger partial charge in [-0.3, -0.25) is 4.79 Å². The van der Waals surface area contributed by atoms with E-state index in [9.17, 15) is 10.1 Å². The lowest BCUT2D eigenvalue weighted by Crippen LogP contribution is -2.28. The minimum atomic E-state index is 0.101. The molecule has 3 nitrogen and oxygen atoms in total. The minimum absolute atomic E-state index is 0.101. The molecule has 2 aromatic heterocycles. The summed E-state index contributed by atoms with van der Waals surface area (Å²) in [5, 5.41) is 12.7. The molecule has 0 amide bonds. The number of rotatable bonds is 4. The lowest BCUT2D eigenvalue weighted by molar-refractivity contribution is -0.114. The van der Waals surface area contributed by atoms with E-state index in [4.69, 9.17) is 4.98 Å². The summed E-state index contributed by atoms with van der Waals surface area (Å²) in [5.74, 6) is 1.04. The van der Waals surface area contributed by atoms with Crippen LogP contribution >= 0.6 is 23.1 Å². The van der Waals surface area contributed by atoms with Crippen molar-refractivity contribution in [2.24, 2.45) is 11.3 Å². The Morgan fingerprint density at radius 3 is 2.81 bits per heavy atom. The first-order valence-corrected chi connectivity index (χ1v) is 10.8. The molecule has 1 aliphatic rings. The van der Waals surface area contributed by atoms with Gasteiger partial charge >= 0.3 is 0 Å². The van der Waals surface area contributed by atoms with Gasteiger partial charge in [-0.05, 0) is 54.5 Å². The van der Waals surface area contributed by atoms with Crippen LogP contribution < -0.4 is 0 Å². The number of fused-ring (bicyclic) bond motifs is 1. The summed E-state index contributed by atoms with van der Waals surface area (Å²) >= 11 is 3.06. The van der Waals surface area contributed by atoms with E-state index >= 15 is 0 Å². The second kappa shape index (κ2) is 7.54. The van der Waals surface area contributed by atoms with E-state index in [1.165, 1.54) is 17.3 Å². The number of pyridine rings is 1. The molecule has 2 aromatic rings. The van der Waals surface area contributed by atoms with Gasteiger partial charge in [0.05, 0.1) is 11.3 Å². The molecular weight excluding hydrogens is 360 g/mol. The fourth-order valence-electron chi connectivity index (χ4n) is 3.54. The number of thioether (sulfide) groups is 1. The molecule has 1 atom stereocenters. The van der Waals surface area contributed by atoms with Gasteiger partial charge in [0.25, 0.3) is 0 Å². The second-order valence-electron chi connectivity index (χ2n) is 7.98. The molecule has 0 saturated heterocycles. The van der Waals surface area contributed by atoms with E-state index in [0.29, 0.717) is 22.3 Å². The zero-order valence-electron chi connectivity index (χ0n) is 15.8. The fraction of sp³-hybridized carbons (Fsp3) is 0.476. The molecule has 3 rings (SSSR count). The number of nitriles is 1. The summed E-state index contributed by atoms with van der Waals surface area (Å²) in [6.45, 7) is 8.46. The lowest BCUT2D eigenvalue weighted by atomic mass is 9.70. The predicted molar refractivity (Wildman–Crippen MR) is 109 cm³/mol. The van der Waals surface area contributed by atoms with Crippen molar-refractivity contribution >= 4 is 28.9 Å². The number of aromatic nitrogens is 1. The van der Waals surface area contributed by atoms with Crippen LogP contribution in [0.1, 0.15) is 50.9 Å². The molecule has 1 unspecified atom stereocenters. The summed E-state index contributed by atoms with van der Waals surface area (Å²) in [6.07, 6.45) is 3.02. The van der Waals surface area contributed by atoms with Crippen LogP contribution in [0, 0.1) is 22.7 Å². The number of carbonyl (C=O) groups excluding carboxylic acids is 1. The summed E-state index contributed by atoms with van der Waals surface area (Å²) in [5.41, 5.74) is 4.26. The van der Waals surface area contributed by atoms with E-state index in [2.05, 4.69) is 38.3 Å². The molecule has 2 heterocycles. The standard InChI is InChI=1S/C21H24N2OS2/c1-13(24)12-26-20-16(11-22)19(18-6-5-9-25-18)15-10-14(21(2,3)4)7-8-17(15)23-20/h5-6,9,14H,7-8,10,12H2,1-4H3. The third-order valence-electron chi connectivity index (χ3n) is 5.05. The topological polar surface area (TPSA) is 53.8 Å². The van der Waals surface area contributed by atoms with E-state index in [1.807, 2.05) is 6.07 Å². The first-order chi connectivity index (χ1) is 12.3. The smallest absolute Gasteiger partial charge is 0.140 e. The lowest BCUT2D eigenvalue weighted by Gasteiger charge is -2.35. The average molecular weight is 385 g/mol. The number of hydrogen-bond acceptors (Lipinski definition) is 5. The maximum absolute atomic E-state index is 11.4. The van der Waals surface area contributed by atoms with Crippen LogP contribution in [0.4, 0.5) is 0 Å². The van der Waals surface area contributed by atoms with Crippen LogP contribution in [-0.4, -0.2) is 16.5 Å². The molecule has 1 aliphatic carbocycles. The number of carbonyl (C=O) groups is 1. The maximum Gasteiger partial charge on any atom is 0.140 e. The highest BCUT2D eigenvalue weighted by atomic mass is 32.2. The number of nitrogens with zero attached hydrogens (tertiary/aromatic N) is 2. The molecular formula is C21H24N2OS2. The Morgan fingerprint density at radius 1 is 1.46 bits per heavy atom. The molecule has 26 heavy (non-hydrogen) atoms. The molecule has 0 spiro atoms. The van der Waals surface area contributed by atoms with Crippen LogP contribution in [0.3, 0.4) is 0 Å². The van der Waals surface area contributed by atoms with Gasteiger partial charge in [-0.25, -0.2) is 4.98 Å². The van der Waals surface area contributed by atoms with Crippen LogP contribution in [0.5, 0.6) is 0 Å². The van der Waals surface area contributed by atoms with Crippen molar-refractivity contribution in [3.8, 4) is 16.5 Å². The molecule has 0 fully saturated rings. The monoisotopic (exact) mass is 384 g/mol. The minimum Gasteiger partial charge on any atom is -0.299 e. The Labute approximate surface area is 163 Å². The molecule has 0 aliphatic heterocycles. The largest absolute Gasteiger partial charge is 0.299 e. The third kappa shape index (κ3) is 3.87. The van der Waals surface area contributed by atoms with Gasteiger partial charge in [-0.15, -0.1) is 11.3 Å². The average Bonchev–Trinajstić information content (AvgIpc) is 3.11. The van der Waals surface area contributed by atoms with E-state index < -0.39 is 0 Å². The van der Waals surface area contributed by atoms with Gasteiger partial charge in [-0.1, -0.05) is 38.6 Å². The Morgan fingerprint density at radius 2 is 2.23 bits per heavy atom. The predicted octanol–water partition coefficient (Wildman–Crippen LogP) is 5.51. The Bertz CT molecular complexity index is 858. The van der Waals surface area contributed by atoms with Crippen molar-refractivity contribution in [2.45, 2.75) is 52.0 Å². The number of hydrogen-bond donors (Lipinski definition) is 0. The van der Waals surface area contributed by atoms with Crippen LogP contribution in [0.25, 0.3) is 10.4 Å². The normalized spacial score (nSPS) is 16.8. The number of Topliss-reactive ketones (excluding diaryl/α,β-unsaturated/α-hetero) is 1. The molecule has 0 N–H and O–H groups in total. The Balaban J connectivity index is 2.16. The highest BCUT2D eigenvalue weighted by molar-refractivity contribution is 8.00. The van der Waals surface area contributed by atoms with Gasteiger partial charge in [0.2, 0.25) is 0 Å². The van der Waals surface area contributed by atoms with Gasteiger partial charge in [0.15, 0.2) is 0 Å². The molecule has 5 heteroatoms. The van der Waals surface area contributed by atoms with Gasteiger partial charge in [0.1, 0.15) is 16.9 Å². The maximum atomic E-state index is 11.4. The van der Waals surface area contributed by atoms with Crippen molar-refractivity contribution in [3.05, 3.63) is 34.3 Å². The van der Waals surface area contributed by atoms with Gasteiger partial charge in [-0.2, -0.15) is 5.26 Å². The fourth-order valence-corrected chi connectivity index (χ4v) is 5.15. The quantitative estimate of drug-likeness (QED) is 0.652. The van der Waals surface area contributed by atoms with Crippen LogP contribution in [0.2, 0.25) is 0 Å². The zero-order chi connectivity index (χ0) is 18.9. The van der Waals surface area contributed by atoms with Crippen molar-refractivity contribution in [2.75, 3.05) is 5.75 Å². The highest BCUT2D eigenvalue weighted by Crippen LogP contribution is 2.44. The second-order valence-corrected chi connectivity index (χ2v) is 9.89. The van der Waals surface area contributed by atoms with Crippen molar-refractivity contribution in [1.29, 1.82) is 5.26 Å². The third-order valence-corrected chi connectivity index (χ3v) is 7.05. The van der Waals surface area contributed by atoms with E-state index in [0.717, 1.165) is 35.4 Å². The molecule has 0 aromatic carbocycles. The van der Waals surface area contributed by atoms with Crippen LogP contribution in [-0.2, 0) is 17.6 Å². The zero-order valence-corrected chi connectivity index (χ0v) is 17.4. The number of aryl methyl sites for hydroxylation is 1. The van der Waals surface area contributed by atoms with Crippen molar-refractivity contribution in [3.63, 3.8) is 0 Å². The Kier molecular flexibility index (Phi) is 5.55. The van der Waals surface area contributed by atoms with Gasteiger partial charge in [0, 0.05) is 16.1 Å². The number of thiophene rings is 1. The van der Waals surface area contributed by atoms with Crippen LogP contribution in [0.15, 0.2) is 22.5 Å². The highest BCUT2D eigenvalue weighted by Gasteiger charge is 2.33. The molecule has 0 bridgehead atoms. The van der Waals surface area contributed by atoms with Crippen molar-refractivity contribution in [1.82, 2.24) is 4.98 Å². The summed E-state index contributed by atoms with van der Waals surface area (Å²) < 4.78 is 0. The summed E-state index contributed by atoms with van der Waals surface area (Å²) in [7, 11) is 0. The SMILES string of the molecule is CC(=O)CSc1nc2c(c(-c3cccs3)c1C#N)CC(C(C)(C)C)CC2. The first-order valence-electron chi connectivity index (χ1n) is 8.93. The van der Waals surface area contributed by atoms with E-state index in [1.54, 1.807) is 18.3 Å². The molecule has 136 valence electrons. The first kappa shape index (κ1) is 19.1. The Hall–Kier alpha value is -1.64. The summed E-state index contributed by atoms with van der Waals surface area (Å²) in [6, 6.07) is 6.50. The van der Waals surface area contributed by atoms with E-state index in [-0.39, 0.29) is 11.2 Å². The number of ketones is 1. The van der Waals surface area contributed by atoms with Crippen molar-refractivity contribution < 1.29 is 4.79 Å². The molecule has 0 radical (unpaired) electrons. The summed E-state index contributed by atoms with van der Waals surface area (Å²) in [4.78, 5) is 17.4. The molecule has 0 saturated carbocycles.